The summed E-state index contributed by atoms with van der Waals surface area (Å²) in [5.74, 6) is -1.15. The van der Waals surface area contributed by atoms with Crippen molar-refractivity contribution in [2.24, 2.45) is 0 Å². The minimum absolute atomic E-state index is 0.407. The Kier molecular flexibility index (Phi) is 7.24. The molecule has 1 fully saturated rings. The average molecular weight is 410 g/mol. The molecule has 30 heavy (non-hydrogen) atoms. The van der Waals surface area contributed by atoms with Crippen LogP contribution in [0.5, 0.6) is 0 Å². The lowest BCUT2D eigenvalue weighted by molar-refractivity contribution is -0.317. The molecule has 1 unspecified atom stereocenters. The van der Waals surface area contributed by atoms with E-state index in [2.05, 4.69) is 0 Å². The molecule has 0 saturated heterocycles. The van der Waals surface area contributed by atoms with Crippen LogP contribution in [0.2, 0.25) is 0 Å². The Morgan fingerprint density at radius 3 is 2.00 bits per heavy atom. The Balaban J connectivity index is 1.58. The van der Waals surface area contributed by atoms with Crippen molar-refractivity contribution in [3.05, 3.63) is 82.3 Å². The van der Waals surface area contributed by atoms with Crippen molar-refractivity contribution in [3.8, 4) is 0 Å². The second kappa shape index (κ2) is 9.87. The van der Waals surface area contributed by atoms with Crippen molar-refractivity contribution in [2.75, 3.05) is 0 Å². The maximum atomic E-state index is 12.4. The molecule has 3 rings (SSSR count). The molecule has 0 N–H and O–H groups in total. The zero-order valence-electron chi connectivity index (χ0n) is 17.7. The number of rotatable bonds is 6. The largest absolute Gasteiger partial charge is 0.373 e. The molecule has 158 valence electrons. The molecular weight excluding hydrogens is 384 g/mol. The fourth-order valence-electron chi connectivity index (χ4n) is 3.22. The molecule has 6 nitrogen and oxygen atoms in total. The SMILES string of the molecule is Cc1cccc(C(=O)OO[C]2CC[CH]CC2OOC(=O)c2cccc(C)c2C)c1C. The molecular formula is C24H26O6. The van der Waals surface area contributed by atoms with E-state index >= 15 is 0 Å². The maximum Gasteiger partial charge on any atom is 0.373 e. The van der Waals surface area contributed by atoms with Crippen LogP contribution in [0.4, 0.5) is 0 Å². The number of carbonyl (C=O) groups is 2. The molecule has 0 aromatic heterocycles. The highest BCUT2D eigenvalue weighted by Gasteiger charge is 2.33. The minimum Gasteiger partial charge on any atom is -0.292 e. The summed E-state index contributed by atoms with van der Waals surface area (Å²) in [5, 5.41) is 0. The predicted octanol–water partition coefficient (Wildman–Crippen LogP) is 5.09. The fraction of sp³-hybridized carbons (Fsp3) is 0.333. The van der Waals surface area contributed by atoms with Crippen LogP contribution in [-0.4, -0.2) is 18.0 Å². The second-order valence-corrected chi connectivity index (χ2v) is 7.43. The average Bonchev–Trinajstić information content (AvgIpc) is 2.74. The van der Waals surface area contributed by atoms with Gasteiger partial charge in [0.25, 0.3) is 0 Å². The summed E-state index contributed by atoms with van der Waals surface area (Å²) in [6.45, 7) is 7.56. The number of carbonyl (C=O) groups excluding carboxylic acids is 2. The third-order valence-electron chi connectivity index (χ3n) is 5.45. The quantitative estimate of drug-likeness (QED) is 0.488. The first-order valence-electron chi connectivity index (χ1n) is 9.94. The first-order chi connectivity index (χ1) is 14.4. The lowest BCUT2D eigenvalue weighted by Crippen LogP contribution is -2.30. The van der Waals surface area contributed by atoms with Gasteiger partial charge in [0, 0.05) is 0 Å². The smallest absolute Gasteiger partial charge is 0.292 e. The van der Waals surface area contributed by atoms with Gasteiger partial charge in [0.15, 0.2) is 6.10 Å². The molecule has 1 atom stereocenters. The standard InChI is InChI=1S/C24H26O6/c1-15-9-7-11-19(17(15)3)23(25)29-27-21-13-5-6-14-22(21)28-30-24(26)20-12-8-10-16(2)18(20)4/h5,7-12,21H,6,13-14H2,1-4H3. The first-order valence-corrected chi connectivity index (χ1v) is 9.94. The van der Waals surface area contributed by atoms with Gasteiger partial charge in [-0.3, -0.25) is 9.78 Å². The monoisotopic (exact) mass is 410 g/mol. The van der Waals surface area contributed by atoms with Gasteiger partial charge < -0.3 is 0 Å². The van der Waals surface area contributed by atoms with Crippen LogP contribution < -0.4 is 0 Å². The van der Waals surface area contributed by atoms with Gasteiger partial charge in [-0.2, -0.15) is 9.78 Å². The molecule has 1 aliphatic carbocycles. The highest BCUT2D eigenvalue weighted by atomic mass is 17.2. The molecule has 2 aromatic rings. The van der Waals surface area contributed by atoms with Gasteiger partial charge in [0.1, 0.15) is 6.10 Å². The van der Waals surface area contributed by atoms with E-state index in [1.807, 2.05) is 46.2 Å². The number of hydrogen-bond donors (Lipinski definition) is 0. The molecule has 2 radical (unpaired) electrons. The molecule has 0 spiro atoms. The zero-order valence-corrected chi connectivity index (χ0v) is 17.7. The van der Waals surface area contributed by atoms with Crippen LogP contribution in [-0.2, 0) is 19.6 Å². The van der Waals surface area contributed by atoms with Crippen LogP contribution in [0.1, 0.15) is 62.2 Å². The van der Waals surface area contributed by atoms with E-state index in [4.69, 9.17) is 19.6 Å². The Hall–Kier alpha value is -2.70. The van der Waals surface area contributed by atoms with Crippen LogP contribution in [0.25, 0.3) is 0 Å². The van der Waals surface area contributed by atoms with Crippen molar-refractivity contribution >= 4 is 11.9 Å². The molecule has 1 aliphatic rings. The topological polar surface area (TPSA) is 71.1 Å². The Morgan fingerprint density at radius 1 is 0.833 bits per heavy atom. The van der Waals surface area contributed by atoms with Gasteiger partial charge >= 0.3 is 11.9 Å². The highest BCUT2D eigenvalue weighted by molar-refractivity contribution is 5.91. The van der Waals surface area contributed by atoms with Gasteiger partial charge in [0.05, 0.1) is 11.1 Å². The summed E-state index contributed by atoms with van der Waals surface area (Å²) >= 11 is 0. The fourth-order valence-corrected chi connectivity index (χ4v) is 3.22. The van der Waals surface area contributed by atoms with E-state index < -0.39 is 18.0 Å². The number of aryl methyl sites for hydroxylation is 2. The van der Waals surface area contributed by atoms with Crippen LogP contribution in [0.3, 0.4) is 0 Å². The summed E-state index contributed by atoms with van der Waals surface area (Å²) in [6, 6.07) is 10.8. The van der Waals surface area contributed by atoms with E-state index in [9.17, 15) is 9.59 Å². The second-order valence-electron chi connectivity index (χ2n) is 7.43. The zero-order chi connectivity index (χ0) is 21.7. The first kappa shape index (κ1) is 22.0. The van der Waals surface area contributed by atoms with E-state index in [0.29, 0.717) is 30.1 Å². The van der Waals surface area contributed by atoms with Crippen LogP contribution in [0, 0.1) is 40.2 Å². The van der Waals surface area contributed by atoms with E-state index in [0.717, 1.165) is 28.7 Å². The van der Waals surface area contributed by atoms with Crippen molar-refractivity contribution in [1.29, 1.82) is 0 Å². The summed E-state index contributed by atoms with van der Waals surface area (Å²) in [4.78, 5) is 45.6. The molecule has 2 aromatic carbocycles. The highest BCUT2D eigenvalue weighted by Crippen LogP contribution is 2.30. The third-order valence-corrected chi connectivity index (χ3v) is 5.45. The van der Waals surface area contributed by atoms with E-state index in [-0.39, 0.29) is 0 Å². The van der Waals surface area contributed by atoms with Crippen molar-refractivity contribution in [3.63, 3.8) is 0 Å². The van der Waals surface area contributed by atoms with Crippen molar-refractivity contribution < 1.29 is 29.1 Å². The molecule has 0 amide bonds. The number of benzene rings is 2. The van der Waals surface area contributed by atoms with Crippen LogP contribution in [0.15, 0.2) is 36.4 Å². The molecule has 0 heterocycles. The normalized spacial score (nSPS) is 16.9. The third kappa shape index (κ3) is 5.07. The van der Waals surface area contributed by atoms with Gasteiger partial charge in [-0.25, -0.2) is 9.59 Å². The summed E-state index contributed by atoms with van der Waals surface area (Å²) in [7, 11) is 0. The minimum atomic E-state index is -0.640. The molecule has 0 bridgehead atoms. The van der Waals surface area contributed by atoms with Gasteiger partial charge in [-0.15, -0.1) is 0 Å². The van der Waals surface area contributed by atoms with E-state index in [1.165, 1.54) is 0 Å². The summed E-state index contributed by atoms with van der Waals surface area (Å²) in [6.07, 6.45) is 3.52. The lowest BCUT2D eigenvalue weighted by atomic mass is 9.95. The summed E-state index contributed by atoms with van der Waals surface area (Å²) < 4.78 is 0. The summed E-state index contributed by atoms with van der Waals surface area (Å²) in [5.41, 5.74) is 4.54. The maximum absolute atomic E-state index is 12.4. The van der Waals surface area contributed by atoms with Gasteiger partial charge in [0.2, 0.25) is 0 Å². The van der Waals surface area contributed by atoms with Crippen molar-refractivity contribution in [1.82, 2.24) is 0 Å². The predicted molar refractivity (Wildman–Crippen MR) is 110 cm³/mol. The Bertz CT molecular complexity index is 844. The molecule has 0 aliphatic heterocycles. The van der Waals surface area contributed by atoms with Gasteiger partial charge in [-0.1, -0.05) is 24.3 Å². The van der Waals surface area contributed by atoms with Crippen molar-refractivity contribution in [2.45, 2.75) is 53.1 Å². The molecule has 1 saturated carbocycles. The molecule has 6 heteroatoms. The Morgan fingerprint density at radius 2 is 1.40 bits per heavy atom. The lowest BCUT2D eigenvalue weighted by Gasteiger charge is -2.27. The van der Waals surface area contributed by atoms with Gasteiger partial charge in [-0.05, 0) is 87.8 Å². The van der Waals surface area contributed by atoms with E-state index in [1.54, 1.807) is 24.3 Å². The number of hydrogen-bond acceptors (Lipinski definition) is 6. The van der Waals surface area contributed by atoms with Crippen LogP contribution >= 0.6 is 0 Å². The Labute approximate surface area is 176 Å².